The van der Waals surface area contributed by atoms with Gasteiger partial charge >= 0.3 is 0 Å². The molecule has 5 heteroatoms. The number of nitriles is 2. The molecule has 5 nitrogen and oxygen atoms in total. The molecular formula is C19H12N4O. The zero-order chi connectivity index (χ0) is 16.7. The number of nitrogens with zero attached hydrogens (tertiary/aromatic N) is 2. The van der Waals surface area contributed by atoms with Gasteiger partial charge in [-0.2, -0.15) is 10.5 Å². The lowest BCUT2D eigenvalue weighted by molar-refractivity contribution is 0.398. The second-order valence-corrected chi connectivity index (χ2v) is 5.59. The van der Waals surface area contributed by atoms with Crippen molar-refractivity contribution in [2.75, 3.05) is 0 Å². The summed E-state index contributed by atoms with van der Waals surface area (Å²) in [5.74, 6) is 0.362. The highest BCUT2D eigenvalue weighted by molar-refractivity contribution is 5.88. The molecule has 0 amide bonds. The zero-order valence-corrected chi connectivity index (χ0v) is 12.6. The maximum absolute atomic E-state index is 9.58. The normalized spacial score (nSPS) is 16.2. The number of aromatic nitrogens is 1. The minimum Gasteiger partial charge on any atom is -0.438 e. The summed E-state index contributed by atoms with van der Waals surface area (Å²) in [4.78, 5) is 3.16. The molecule has 1 aromatic heterocycles. The summed E-state index contributed by atoms with van der Waals surface area (Å²) in [5.41, 5.74) is 9.44. The average molecular weight is 312 g/mol. The van der Waals surface area contributed by atoms with Crippen molar-refractivity contribution >= 4 is 10.9 Å². The molecule has 0 spiro atoms. The Kier molecular flexibility index (Phi) is 3.01. The number of allylic oxidation sites excluding steroid dienone is 1. The van der Waals surface area contributed by atoms with Gasteiger partial charge in [0.25, 0.3) is 0 Å². The number of fused-ring (bicyclic) bond motifs is 3. The van der Waals surface area contributed by atoms with Crippen LogP contribution in [0.4, 0.5) is 0 Å². The summed E-state index contributed by atoms with van der Waals surface area (Å²) in [6, 6.07) is 17.4. The van der Waals surface area contributed by atoms with Gasteiger partial charge in [-0.05, 0) is 23.8 Å². The molecule has 4 rings (SSSR count). The van der Waals surface area contributed by atoms with Crippen molar-refractivity contribution in [1.82, 2.24) is 4.98 Å². The van der Waals surface area contributed by atoms with Gasteiger partial charge in [0.15, 0.2) is 5.75 Å². The lowest BCUT2D eigenvalue weighted by atomic mass is 9.82. The van der Waals surface area contributed by atoms with Crippen molar-refractivity contribution in [3.8, 4) is 17.9 Å². The Balaban J connectivity index is 2.01. The van der Waals surface area contributed by atoms with Gasteiger partial charge in [-0.15, -0.1) is 0 Å². The Morgan fingerprint density at radius 2 is 1.96 bits per heavy atom. The number of nitrogens with two attached hydrogens (primary N) is 1. The Morgan fingerprint density at radius 3 is 2.75 bits per heavy atom. The van der Waals surface area contributed by atoms with Crippen molar-refractivity contribution in [1.29, 1.82) is 10.5 Å². The molecule has 1 aliphatic heterocycles. The number of ether oxygens (including phenoxy) is 1. The van der Waals surface area contributed by atoms with Crippen LogP contribution >= 0.6 is 0 Å². The van der Waals surface area contributed by atoms with Crippen LogP contribution in [0.5, 0.6) is 5.75 Å². The van der Waals surface area contributed by atoms with Crippen molar-refractivity contribution in [3.05, 3.63) is 76.8 Å². The highest BCUT2D eigenvalue weighted by atomic mass is 16.5. The average Bonchev–Trinajstić information content (AvgIpc) is 3.09. The maximum Gasteiger partial charge on any atom is 0.205 e. The Morgan fingerprint density at radius 1 is 1.08 bits per heavy atom. The van der Waals surface area contributed by atoms with Crippen molar-refractivity contribution in [3.63, 3.8) is 0 Å². The molecule has 0 radical (unpaired) electrons. The van der Waals surface area contributed by atoms with E-state index in [2.05, 4.69) is 17.1 Å². The fraction of sp³-hybridized carbons (Fsp3) is 0.0526. The molecule has 0 fully saturated rings. The first-order valence-corrected chi connectivity index (χ1v) is 7.40. The Bertz CT molecular complexity index is 1080. The third-order valence-corrected chi connectivity index (χ3v) is 4.26. The number of benzene rings is 2. The first-order chi connectivity index (χ1) is 11.7. The van der Waals surface area contributed by atoms with Gasteiger partial charge in [0.1, 0.15) is 11.6 Å². The van der Waals surface area contributed by atoms with E-state index in [1.165, 1.54) is 0 Å². The molecule has 3 N–H and O–H groups in total. The summed E-state index contributed by atoms with van der Waals surface area (Å²) in [7, 11) is 0. The van der Waals surface area contributed by atoms with Gasteiger partial charge in [0, 0.05) is 17.1 Å². The van der Waals surface area contributed by atoms with Gasteiger partial charge in [-0.1, -0.05) is 24.3 Å². The van der Waals surface area contributed by atoms with Gasteiger partial charge in [0.05, 0.1) is 23.1 Å². The Hall–Kier alpha value is -3.70. The SMILES string of the molecule is N#CC1=C(N)Oc2c(ccc3cc[nH]c23)C1c1cccc(C#N)c1. The fourth-order valence-corrected chi connectivity index (χ4v) is 3.17. The minimum atomic E-state index is -0.361. The molecule has 2 heterocycles. The molecule has 0 aliphatic carbocycles. The topological polar surface area (TPSA) is 98.6 Å². The second-order valence-electron chi connectivity index (χ2n) is 5.59. The lowest BCUT2D eigenvalue weighted by Crippen LogP contribution is -2.21. The summed E-state index contributed by atoms with van der Waals surface area (Å²) in [5, 5.41) is 19.7. The van der Waals surface area contributed by atoms with E-state index in [-0.39, 0.29) is 11.8 Å². The highest BCUT2D eigenvalue weighted by Crippen LogP contribution is 2.44. The number of rotatable bonds is 1. The Labute approximate surface area is 138 Å². The van der Waals surface area contributed by atoms with E-state index in [9.17, 15) is 5.26 Å². The first kappa shape index (κ1) is 13.9. The highest BCUT2D eigenvalue weighted by Gasteiger charge is 2.32. The molecule has 24 heavy (non-hydrogen) atoms. The van der Waals surface area contributed by atoms with Gasteiger partial charge in [-0.25, -0.2) is 0 Å². The van der Waals surface area contributed by atoms with Crippen LogP contribution in [0.15, 0.2) is 60.1 Å². The van der Waals surface area contributed by atoms with Crippen molar-refractivity contribution in [2.45, 2.75) is 5.92 Å². The first-order valence-electron chi connectivity index (χ1n) is 7.40. The molecule has 0 bridgehead atoms. The molecule has 1 unspecified atom stereocenters. The molecule has 114 valence electrons. The molecule has 3 aromatic rings. The third-order valence-electron chi connectivity index (χ3n) is 4.26. The monoisotopic (exact) mass is 312 g/mol. The van der Waals surface area contributed by atoms with Crippen LogP contribution in [0, 0.1) is 22.7 Å². The summed E-state index contributed by atoms with van der Waals surface area (Å²) in [6.45, 7) is 0. The number of H-pyrrole nitrogens is 1. The quantitative estimate of drug-likeness (QED) is 0.720. The minimum absolute atomic E-state index is 0.0967. The molecule has 2 aromatic carbocycles. The van der Waals surface area contributed by atoms with E-state index in [0.717, 1.165) is 22.0 Å². The van der Waals surface area contributed by atoms with Crippen LogP contribution in [0.3, 0.4) is 0 Å². The van der Waals surface area contributed by atoms with Crippen LogP contribution in [0.25, 0.3) is 10.9 Å². The maximum atomic E-state index is 9.58. The molecule has 1 atom stereocenters. The molecule has 1 aliphatic rings. The lowest BCUT2D eigenvalue weighted by Gasteiger charge is -2.26. The van der Waals surface area contributed by atoms with Crippen LogP contribution in [-0.2, 0) is 0 Å². The molecular weight excluding hydrogens is 300 g/mol. The van der Waals surface area contributed by atoms with Crippen LogP contribution in [0.1, 0.15) is 22.6 Å². The predicted molar refractivity (Wildman–Crippen MR) is 88.8 cm³/mol. The predicted octanol–water partition coefficient (Wildman–Crippen LogP) is 3.26. The molecule has 0 saturated carbocycles. The van der Waals surface area contributed by atoms with E-state index in [1.54, 1.807) is 18.2 Å². The van der Waals surface area contributed by atoms with Crippen LogP contribution in [0.2, 0.25) is 0 Å². The number of hydrogen-bond acceptors (Lipinski definition) is 4. The van der Waals surface area contributed by atoms with E-state index in [0.29, 0.717) is 16.9 Å². The summed E-state index contributed by atoms with van der Waals surface area (Å²) >= 11 is 0. The van der Waals surface area contributed by atoms with Crippen LogP contribution < -0.4 is 10.5 Å². The van der Waals surface area contributed by atoms with E-state index < -0.39 is 0 Å². The smallest absolute Gasteiger partial charge is 0.205 e. The second kappa shape index (κ2) is 5.19. The number of hydrogen-bond donors (Lipinski definition) is 2. The third kappa shape index (κ3) is 1.93. The van der Waals surface area contributed by atoms with Crippen molar-refractivity contribution < 1.29 is 4.74 Å². The number of aromatic amines is 1. The molecule has 0 saturated heterocycles. The van der Waals surface area contributed by atoms with E-state index >= 15 is 0 Å². The summed E-state index contributed by atoms with van der Waals surface area (Å²) < 4.78 is 5.75. The van der Waals surface area contributed by atoms with Crippen molar-refractivity contribution in [2.24, 2.45) is 5.73 Å². The van der Waals surface area contributed by atoms with Gasteiger partial charge in [-0.3, -0.25) is 0 Å². The zero-order valence-electron chi connectivity index (χ0n) is 12.6. The van der Waals surface area contributed by atoms with Gasteiger partial charge < -0.3 is 15.5 Å². The van der Waals surface area contributed by atoms with Gasteiger partial charge in [0.2, 0.25) is 5.88 Å². The summed E-state index contributed by atoms with van der Waals surface area (Å²) in [6.07, 6.45) is 1.83. The largest absolute Gasteiger partial charge is 0.438 e. The fourth-order valence-electron chi connectivity index (χ4n) is 3.17. The van der Waals surface area contributed by atoms with E-state index in [4.69, 9.17) is 15.7 Å². The standard InChI is InChI=1S/C19H12N4O/c20-9-11-2-1-3-13(8-11)16-14-5-4-12-6-7-23-17(12)18(14)24-19(22)15(16)10-21/h1-8,16,23H,22H2. The van der Waals surface area contributed by atoms with E-state index in [1.807, 2.05) is 30.5 Å². The van der Waals surface area contributed by atoms with Crippen LogP contribution in [-0.4, -0.2) is 4.98 Å². The number of nitrogens with one attached hydrogen (secondary N) is 1.